The molecule has 0 atom stereocenters. The van der Waals surface area contributed by atoms with Gasteiger partial charge in [-0.05, 0) is 44.0 Å². The van der Waals surface area contributed by atoms with E-state index in [-0.39, 0.29) is 5.41 Å². The van der Waals surface area contributed by atoms with Gasteiger partial charge >= 0.3 is 0 Å². The number of nitrogens with zero attached hydrogens (tertiary/aromatic N) is 1. The van der Waals surface area contributed by atoms with E-state index >= 15 is 0 Å². The van der Waals surface area contributed by atoms with Gasteiger partial charge in [-0.1, -0.05) is 13.3 Å². The van der Waals surface area contributed by atoms with Gasteiger partial charge in [0.1, 0.15) is 0 Å². The van der Waals surface area contributed by atoms with E-state index in [0.717, 1.165) is 37.7 Å². The van der Waals surface area contributed by atoms with Gasteiger partial charge in [-0.2, -0.15) is 0 Å². The van der Waals surface area contributed by atoms with Crippen LogP contribution < -0.4 is 19.7 Å². The maximum absolute atomic E-state index is 5.55. The number of methoxy groups -OCH3 is 2. The third kappa shape index (κ3) is 2.54. The Bertz CT molecular complexity index is 524. The van der Waals surface area contributed by atoms with Crippen LogP contribution in [0.5, 0.6) is 11.5 Å². The zero-order valence-corrected chi connectivity index (χ0v) is 14.1. The van der Waals surface area contributed by atoms with Crippen molar-refractivity contribution in [1.29, 1.82) is 0 Å². The van der Waals surface area contributed by atoms with Crippen LogP contribution in [0.25, 0.3) is 0 Å². The summed E-state index contributed by atoms with van der Waals surface area (Å²) in [6.45, 7) is 6.74. The molecule has 122 valence electrons. The summed E-state index contributed by atoms with van der Waals surface area (Å²) in [7, 11) is 3.44. The molecule has 0 unspecified atom stereocenters. The van der Waals surface area contributed by atoms with Gasteiger partial charge in [0.2, 0.25) is 0 Å². The Hall–Kier alpha value is -1.42. The number of benzene rings is 1. The van der Waals surface area contributed by atoms with Crippen molar-refractivity contribution in [2.45, 2.75) is 38.0 Å². The number of rotatable bonds is 5. The summed E-state index contributed by atoms with van der Waals surface area (Å²) in [6.07, 6.45) is 4.88. The lowest BCUT2D eigenvalue weighted by Crippen LogP contribution is -2.43. The van der Waals surface area contributed by atoms with Gasteiger partial charge in [-0.15, -0.1) is 0 Å². The fraction of sp³-hybridized carbons (Fsp3) is 0.667. The zero-order valence-electron chi connectivity index (χ0n) is 14.1. The largest absolute Gasteiger partial charge is 0.493 e. The Balaban J connectivity index is 2.02. The second-order valence-electron chi connectivity index (χ2n) is 6.53. The van der Waals surface area contributed by atoms with E-state index < -0.39 is 0 Å². The van der Waals surface area contributed by atoms with Crippen LogP contribution in [-0.4, -0.2) is 40.4 Å². The number of hydrogen-bond donors (Lipinski definition) is 1. The molecule has 1 N–H and O–H groups in total. The molecule has 0 amide bonds. The van der Waals surface area contributed by atoms with Crippen LogP contribution in [0.3, 0.4) is 0 Å². The molecule has 0 aromatic heterocycles. The Kier molecular flexibility index (Phi) is 4.48. The molecule has 22 heavy (non-hydrogen) atoms. The molecule has 1 saturated heterocycles. The van der Waals surface area contributed by atoms with Crippen molar-refractivity contribution in [2.75, 3.05) is 45.3 Å². The molecule has 0 aliphatic carbocycles. The van der Waals surface area contributed by atoms with E-state index in [2.05, 4.69) is 29.3 Å². The van der Waals surface area contributed by atoms with Crippen molar-refractivity contribution >= 4 is 5.69 Å². The minimum absolute atomic E-state index is 0.286. The zero-order chi connectivity index (χ0) is 15.6. The SMILES string of the molecule is CCCCN1CC2(CCNCC2)c2cc(OC)c(OC)cc21. The highest BCUT2D eigenvalue weighted by molar-refractivity contribution is 5.68. The van der Waals surface area contributed by atoms with E-state index in [9.17, 15) is 0 Å². The predicted molar refractivity (Wildman–Crippen MR) is 90.4 cm³/mol. The second-order valence-corrected chi connectivity index (χ2v) is 6.53. The van der Waals surface area contributed by atoms with Crippen molar-refractivity contribution < 1.29 is 9.47 Å². The van der Waals surface area contributed by atoms with Crippen molar-refractivity contribution in [3.63, 3.8) is 0 Å². The number of unbranched alkanes of at least 4 members (excludes halogenated alkanes) is 1. The molecule has 1 aromatic carbocycles. The summed E-state index contributed by atoms with van der Waals surface area (Å²) in [5.41, 5.74) is 3.10. The third-order valence-corrected chi connectivity index (χ3v) is 5.25. The number of ether oxygens (including phenoxy) is 2. The van der Waals surface area contributed by atoms with E-state index in [1.54, 1.807) is 14.2 Å². The molecular formula is C18H28N2O2. The van der Waals surface area contributed by atoms with Crippen LogP contribution in [0.1, 0.15) is 38.2 Å². The van der Waals surface area contributed by atoms with Crippen molar-refractivity contribution in [3.8, 4) is 11.5 Å². The molecule has 2 heterocycles. The molecule has 1 fully saturated rings. The predicted octanol–water partition coefficient (Wildman–Crippen LogP) is 2.95. The Morgan fingerprint density at radius 3 is 2.45 bits per heavy atom. The van der Waals surface area contributed by atoms with Crippen LogP contribution in [-0.2, 0) is 5.41 Å². The molecule has 0 bridgehead atoms. The standard InChI is InChI=1S/C18H28N2O2/c1-4-5-10-20-13-18(6-8-19-9-7-18)14-11-16(21-2)17(22-3)12-15(14)20/h11-12,19H,4-10,13H2,1-3H3. The fourth-order valence-electron chi connectivity index (χ4n) is 3.97. The molecular weight excluding hydrogens is 276 g/mol. The van der Waals surface area contributed by atoms with Gasteiger partial charge in [0.15, 0.2) is 11.5 Å². The highest BCUT2D eigenvalue weighted by atomic mass is 16.5. The fourth-order valence-corrected chi connectivity index (χ4v) is 3.97. The lowest BCUT2D eigenvalue weighted by Gasteiger charge is -2.35. The maximum atomic E-state index is 5.55. The van der Waals surface area contributed by atoms with Crippen LogP contribution in [0.2, 0.25) is 0 Å². The molecule has 0 radical (unpaired) electrons. The quantitative estimate of drug-likeness (QED) is 0.907. The van der Waals surface area contributed by atoms with Gasteiger partial charge in [0.25, 0.3) is 0 Å². The Labute approximate surface area is 133 Å². The topological polar surface area (TPSA) is 33.7 Å². The van der Waals surface area contributed by atoms with Crippen molar-refractivity contribution in [1.82, 2.24) is 5.32 Å². The van der Waals surface area contributed by atoms with E-state index in [1.807, 2.05) is 0 Å². The van der Waals surface area contributed by atoms with Crippen LogP contribution in [0.15, 0.2) is 12.1 Å². The smallest absolute Gasteiger partial charge is 0.162 e. The summed E-state index contributed by atoms with van der Waals surface area (Å²) in [4.78, 5) is 2.56. The highest BCUT2D eigenvalue weighted by Crippen LogP contribution is 2.49. The number of piperidine rings is 1. The Morgan fingerprint density at radius 2 is 1.82 bits per heavy atom. The molecule has 4 nitrogen and oxygen atoms in total. The van der Waals surface area contributed by atoms with Crippen LogP contribution >= 0.6 is 0 Å². The summed E-state index contributed by atoms with van der Waals surface area (Å²) in [5, 5.41) is 3.50. The lowest BCUT2D eigenvalue weighted by molar-refractivity contribution is 0.322. The summed E-state index contributed by atoms with van der Waals surface area (Å²) in [5.74, 6) is 1.70. The summed E-state index contributed by atoms with van der Waals surface area (Å²) < 4.78 is 11.1. The minimum Gasteiger partial charge on any atom is -0.493 e. The molecule has 4 heteroatoms. The van der Waals surface area contributed by atoms with Gasteiger partial charge in [0, 0.05) is 30.3 Å². The molecule has 0 saturated carbocycles. The number of nitrogens with one attached hydrogen (secondary N) is 1. The normalized spacial score (nSPS) is 19.3. The van der Waals surface area contributed by atoms with Gasteiger partial charge < -0.3 is 19.7 Å². The highest BCUT2D eigenvalue weighted by Gasteiger charge is 2.43. The molecule has 3 rings (SSSR count). The van der Waals surface area contributed by atoms with Crippen molar-refractivity contribution in [3.05, 3.63) is 17.7 Å². The van der Waals surface area contributed by atoms with E-state index in [0.29, 0.717) is 0 Å². The Morgan fingerprint density at radius 1 is 1.14 bits per heavy atom. The van der Waals surface area contributed by atoms with E-state index in [1.165, 1.54) is 36.9 Å². The first kappa shape index (κ1) is 15.5. The lowest BCUT2D eigenvalue weighted by atomic mass is 9.74. The molecule has 2 aliphatic heterocycles. The monoisotopic (exact) mass is 304 g/mol. The first-order valence-electron chi connectivity index (χ1n) is 8.46. The van der Waals surface area contributed by atoms with Crippen LogP contribution in [0, 0.1) is 0 Å². The number of fused-ring (bicyclic) bond motifs is 2. The summed E-state index contributed by atoms with van der Waals surface area (Å²) >= 11 is 0. The molecule has 1 spiro atoms. The van der Waals surface area contributed by atoms with Crippen molar-refractivity contribution in [2.24, 2.45) is 0 Å². The molecule has 1 aromatic rings. The maximum Gasteiger partial charge on any atom is 0.162 e. The molecule has 2 aliphatic rings. The van der Waals surface area contributed by atoms with E-state index in [4.69, 9.17) is 9.47 Å². The average Bonchev–Trinajstić information content (AvgIpc) is 2.85. The number of hydrogen-bond acceptors (Lipinski definition) is 4. The average molecular weight is 304 g/mol. The first-order chi connectivity index (χ1) is 10.7. The van der Waals surface area contributed by atoms with Gasteiger partial charge in [-0.3, -0.25) is 0 Å². The van der Waals surface area contributed by atoms with Crippen LogP contribution in [0.4, 0.5) is 5.69 Å². The number of anilines is 1. The minimum atomic E-state index is 0.286. The summed E-state index contributed by atoms with van der Waals surface area (Å²) in [6, 6.07) is 4.41. The first-order valence-corrected chi connectivity index (χ1v) is 8.46. The van der Waals surface area contributed by atoms with Gasteiger partial charge in [0.05, 0.1) is 14.2 Å². The second kappa shape index (κ2) is 6.37. The van der Waals surface area contributed by atoms with Gasteiger partial charge in [-0.25, -0.2) is 0 Å². The third-order valence-electron chi connectivity index (χ3n) is 5.25.